The number of hydrogen-bond acceptors (Lipinski definition) is 4. The van der Waals surface area contributed by atoms with E-state index in [0.29, 0.717) is 19.0 Å². The van der Waals surface area contributed by atoms with Crippen LogP contribution in [0.25, 0.3) is 0 Å². The first-order chi connectivity index (χ1) is 10.4. The molecule has 1 amide bonds. The maximum atomic E-state index is 12.1. The molecule has 0 heterocycles. The standard InChI is InChI=1S/C13H18N2O.C2H2O4/c1-2-15-12(16)13(8-11(13)9-14)10-6-4-3-5-7-10;3-1(4)2(5)6/h3-7,11H,2,8-9,14H2,1H3,(H,15,16);(H,3,4)(H,5,6)/t11?,13-;/m1./s1. The van der Waals surface area contributed by atoms with E-state index in [4.69, 9.17) is 25.5 Å². The van der Waals surface area contributed by atoms with E-state index in [0.717, 1.165) is 12.0 Å². The summed E-state index contributed by atoms with van der Waals surface area (Å²) < 4.78 is 0. The Morgan fingerprint density at radius 2 is 1.77 bits per heavy atom. The Kier molecular flexibility index (Phi) is 6.06. The Morgan fingerprint density at radius 3 is 2.14 bits per heavy atom. The molecular weight excluding hydrogens is 288 g/mol. The number of carbonyl (C=O) groups excluding carboxylic acids is 1. The fourth-order valence-electron chi connectivity index (χ4n) is 2.43. The first-order valence-corrected chi connectivity index (χ1v) is 6.90. The van der Waals surface area contributed by atoms with Gasteiger partial charge in [-0.1, -0.05) is 30.3 Å². The number of carboxylic acids is 2. The summed E-state index contributed by atoms with van der Waals surface area (Å²) in [4.78, 5) is 30.3. The topological polar surface area (TPSA) is 130 Å². The van der Waals surface area contributed by atoms with Gasteiger partial charge in [-0.05, 0) is 31.4 Å². The summed E-state index contributed by atoms with van der Waals surface area (Å²) in [5, 5.41) is 17.7. The molecule has 1 unspecified atom stereocenters. The predicted octanol–water partition coefficient (Wildman–Crippen LogP) is 0.195. The average molecular weight is 308 g/mol. The molecular formula is C15H20N2O5. The van der Waals surface area contributed by atoms with E-state index in [9.17, 15) is 4.79 Å². The lowest BCUT2D eigenvalue weighted by Gasteiger charge is -2.16. The van der Waals surface area contributed by atoms with Gasteiger partial charge in [0.05, 0.1) is 5.41 Å². The minimum Gasteiger partial charge on any atom is -0.473 e. The Labute approximate surface area is 128 Å². The molecule has 1 aromatic carbocycles. The highest BCUT2D eigenvalue weighted by molar-refractivity contribution is 6.27. The maximum Gasteiger partial charge on any atom is 0.414 e. The van der Waals surface area contributed by atoms with Crippen molar-refractivity contribution >= 4 is 17.8 Å². The van der Waals surface area contributed by atoms with E-state index < -0.39 is 11.9 Å². The van der Waals surface area contributed by atoms with Crippen LogP contribution in [-0.2, 0) is 19.8 Å². The first kappa shape index (κ1) is 17.6. The number of nitrogens with one attached hydrogen (secondary N) is 1. The predicted molar refractivity (Wildman–Crippen MR) is 79.2 cm³/mol. The molecule has 1 aromatic rings. The smallest absolute Gasteiger partial charge is 0.414 e. The van der Waals surface area contributed by atoms with Crippen LogP contribution in [0, 0.1) is 5.92 Å². The highest BCUT2D eigenvalue weighted by Crippen LogP contribution is 2.53. The van der Waals surface area contributed by atoms with Gasteiger partial charge in [0.15, 0.2) is 0 Å². The quantitative estimate of drug-likeness (QED) is 0.588. The third-order valence-electron chi connectivity index (χ3n) is 3.60. The van der Waals surface area contributed by atoms with Crippen LogP contribution in [0.4, 0.5) is 0 Å². The van der Waals surface area contributed by atoms with Crippen molar-refractivity contribution in [1.82, 2.24) is 5.32 Å². The van der Waals surface area contributed by atoms with Gasteiger partial charge in [-0.2, -0.15) is 0 Å². The van der Waals surface area contributed by atoms with E-state index in [1.807, 2.05) is 37.3 Å². The third kappa shape index (κ3) is 3.82. The summed E-state index contributed by atoms with van der Waals surface area (Å²) >= 11 is 0. The molecule has 0 radical (unpaired) electrons. The summed E-state index contributed by atoms with van der Waals surface area (Å²) in [5.41, 5.74) is 6.44. The van der Waals surface area contributed by atoms with Crippen LogP contribution in [0.5, 0.6) is 0 Å². The maximum absolute atomic E-state index is 12.1. The van der Waals surface area contributed by atoms with Crippen molar-refractivity contribution in [2.24, 2.45) is 11.7 Å². The number of likely N-dealkylation sites (N-methyl/N-ethyl adjacent to an activating group) is 1. The number of hydrogen-bond donors (Lipinski definition) is 4. The van der Waals surface area contributed by atoms with E-state index in [2.05, 4.69) is 5.32 Å². The van der Waals surface area contributed by atoms with Gasteiger partial charge in [-0.3, -0.25) is 4.79 Å². The normalized spacial score (nSPS) is 22.0. The van der Waals surface area contributed by atoms with Crippen molar-refractivity contribution in [3.63, 3.8) is 0 Å². The van der Waals surface area contributed by atoms with Gasteiger partial charge in [0, 0.05) is 6.54 Å². The molecule has 5 N–H and O–H groups in total. The zero-order valence-corrected chi connectivity index (χ0v) is 12.3. The molecule has 120 valence electrons. The van der Waals surface area contributed by atoms with E-state index in [1.54, 1.807) is 0 Å². The Morgan fingerprint density at radius 1 is 1.23 bits per heavy atom. The second-order valence-corrected chi connectivity index (χ2v) is 4.94. The van der Waals surface area contributed by atoms with Gasteiger partial charge >= 0.3 is 11.9 Å². The minimum atomic E-state index is -1.82. The molecule has 2 rings (SSSR count). The monoisotopic (exact) mass is 308 g/mol. The minimum absolute atomic E-state index is 0.122. The largest absolute Gasteiger partial charge is 0.473 e. The molecule has 0 aliphatic heterocycles. The van der Waals surface area contributed by atoms with Crippen LogP contribution in [0.15, 0.2) is 30.3 Å². The summed E-state index contributed by atoms with van der Waals surface area (Å²) in [6.45, 7) is 3.19. The summed E-state index contributed by atoms with van der Waals surface area (Å²) in [7, 11) is 0. The third-order valence-corrected chi connectivity index (χ3v) is 3.60. The number of benzene rings is 1. The van der Waals surface area contributed by atoms with Crippen molar-refractivity contribution in [3.05, 3.63) is 35.9 Å². The van der Waals surface area contributed by atoms with E-state index in [-0.39, 0.29) is 11.3 Å². The van der Waals surface area contributed by atoms with Gasteiger partial charge in [0.2, 0.25) is 5.91 Å². The molecule has 7 heteroatoms. The van der Waals surface area contributed by atoms with Gasteiger partial charge in [-0.15, -0.1) is 0 Å². The van der Waals surface area contributed by atoms with Crippen LogP contribution < -0.4 is 11.1 Å². The zero-order valence-electron chi connectivity index (χ0n) is 12.3. The number of carbonyl (C=O) groups is 3. The zero-order chi connectivity index (χ0) is 16.8. The van der Waals surface area contributed by atoms with Crippen LogP contribution >= 0.6 is 0 Å². The molecule has 1 aliphatic rings. The molecule has 1 aliphatic carbocycles. The highest BCUT2D eigenvalue weighted by atomic mass is 16.4. The number of amides is 1. The Balaban J connectivity index is 0.000000346. The molecule has 1 fully saturated rings. The summed E-state index contributed by atoms with van der Waals surface area (Å²) in [5.74, 6) is -3.23. The highest BCUT2D eigenvalue weighted by Gasteiger charge is 2.59. The van der Waals surface area contributed by atoms with Crippen LogP contribution in [0.3, 0.4) is 0 Å². The fourth-order valence-corrected chi connectivity index (χ4v) is 2.43. The van der Waals surface area contributed by atoms with Crippen molar-refractivity contribution in [2.75, 3.05) is 13.1 Å². The number of aliphatic carboxylic acids is 2. The Hall–Kier alpha value is -2.41. The van der Waals surface area contributed by atoms with E-state index >= 15 is 0 Å². The van der Waals surface area contributed by atoms with Crippen LogP contribution in [0.1, 0.15) is 18.9 Å². The molecule has 2 atom stereocenters. The van der Waals surface area contributed by atoms with Gasteiger partial charge in [0.1, 0.15) is 0 Å². The molecule has 22 heavy (non-hydrogen) atoms. The molecule has 7 nitrogen and oxygen atoms in total. The van der Waals surface area contributed by atoms with Crippen molar-refractivity contribution < 1.29 is 24.6 Å². The number of rotatable bonds is 4. The second-order valence-electron chi connectivity index (χ2n) is 4.94. The number of carboxylic acid groups (broad SMARTS) is 2. The SMILES string of the molecule is CCNC(=O)[C@@]1(c2ccccc2)CC1CN.O=C(O)C(=O)O. The van der Waals surface area contributed by atoms with Crippen molar-refractivity contribution in [2.45, 2.75) is 18.8 Å². The average Bonchev–Trinajstić information content (AvgIpc) is 3.25. The first-order valence-electron chi connectivity index (χ1n) is 6.90. The molecule has 0 saturated heterocycles. The molecule has 0 aromatic heterocycles. The molecule has 0 bridgehead atoms. The van der Waals surface area contributed by atoms with Crippen molar-refractivity contribution in [3.8, 4) is 0 Å². The second kappa shape index (κ2) is 7.56. The fraction of sp³-hybridized carbons (Fsp3) is 0.400. The van der Waals surface area contributed by atoms with E-state index in [1.165, 1.54) is 0 Å². The Bertz CT molecular complexity index is 534. The lowest BCUT2D eigenvalue weighted by molar-refractivity contribution is -0.159. The molecule has 0 spiro atoms. The van der Waals surface area contributed by atoms with Crippen molar-refractivity contribution in [1.29, 1.82) is 0 Å². The van der Waals surface area contributed by atoms with Crippen LogP contribution in [-0.4, -0.2) is 41.1 Å². The number of nitrogens with two attached hydrogens (primary N) is 1. The lowest BCUT2D eigenvalue weighted by Crippen LogP contribution is -2.37. The van der Waals surface area contributed by atoms with Gasteiger partial charge < -0.3 is 21.3 Å². The van der Waals surface area contributed by atoms with Gasteiger partial charge in [0.25, 0.3) is 0 Å². The lowest BCUT2D eigenvalue weighted by atomic mass is 9.92. The molecule has 1 saturated carbocycles. The van der Waals surface area contributed by atoms with Crippen LogP contribution in [0.2, 0.25) is 0 Å². The summed E-state index contributed by atoms with van der Waals surface area (Å²) in [6.07, 6.45) is 0.874. The van der Waals surface area contributed by atoms with Gasteiger partial charge in [-0.25, -0.2) is 9.59 Å². The summed E-state index contributed by atoms with van der Waals surface area (Å²) in [6, 6.07) is 9.95.